The fourth-order valence-electron chi connectivity index (χ4n) is 2.45. The third-order valence-electron chi connectivity index (χ3n) is 3.68. The monoisotopic (exact) mass is 313 g/mol. The third-order valence-corrected chi connectivity index (χ3v) is 3.68. The third kappa shape index (κ3) is 4.50. The Bertz CT molecular complexity index is 698. The first kappa shape index (κ1) is 16.9. The number of aryl methyl sites for hydroxylation is 1. The Morgan fingerprint density at radius 1 is 1.26 bits per heavy atom. The largest absolute Gasteiger partial charge is 0.480 e. The summed E-state index contributed by atoms with van der Waals surface area (Å²) in [5.41, 5.74) is 2.08. The summed E-state index contributed by atoms with van der Waals surface area (Å²) in [7, 11) is 1.74. The average Bonchev–Trinajstić information content (AvgIpc) is 2.52. The molecule has 2 aromatic rings. The van der Waals surface area contributed by atoms with Gasteiger partial charge in [0.2, 0.25) is 0 Å². The number of benzene rings is 2. The normalized spacial score (nSPS) is 12.7. The summed E-state index contributed by atoms with van der Waals surface area (Å²) in [5.74, 6) is -1.28. The first-order valence-corrected chi connectivity index (χ1v) is 7.39. The minimum Gasteiger partial charge on any atom is -0.480 e. The number of halogens is 1. The molecule has 0 radical (unpaired) electrons. The van der Waals surface area contributed by atoms with Crippen molar-refractivity contribution in [1.29, 1.82) is 0 Å². The van der Waals surface area contributed by atoms with Crippen molar-refractivity contribution < 1.29 is 14.3 Å². The van der Waals surface area contributed by atoms with Crippen molar-refractivity contribution >= 4 is 12.0 Å². The van der Waals surface area contributed by atoms with E-state index in [1.165, 1.54) is 12.1 Å². The van der Waals surface area contributed by atoms with Crippen LogP contribution in [-0.4, -0.2) is 29.6 Å². The Balaban J connectivity index is 2.12. The fraction of sp³-hybridized carbons (Fsp3) is 0.211. The summed E-state index contributed by atoms with van der Waals surface area (Å²) in [6.45, 7) is 2.11. The summed E-state index contributed by atoms with van der Waals surface area (Å²) < 4.78 is 13.4. The second kappa shape index (κ2) is 7.70. The molecule has 4 heteroatoms. The number of carboxylic acid groups (broad SMARTS) is 1. The van der Waals surface area contributed by atoms with Gasteiger partial charge in [0.25, 0.3) is 0 Å². The van der Waals surface area contributed by atoms with Gasteiger partial charge in [0, 0.05) is 6.54 Å². The Kier molecular flexibility index (Phi) is 5.66. The van der Waals surface area contributed by atoms with Crippen LogP contribution in [0.4, 0.5) is 4.39 Å². The van der Waals surface area contributed by atoms with Gasteiger partial charge in [-0.05, 0) is 36.7 Å². The van der Waals surface area contributed by atoms with Crippen LogP contribution < -0.4 is 0 Å². The highest BCUT2D eigenvalue weighted by atomic mass is 19.1. The molecule has 0 aliphatic heterocycles. The lowest BCUT2D eigenvalue weighted by molar-refractivity contribution is -0.142. The van der Waals surface area contributed by atoms with Crippen LogP contribution in [0.1, 0.15) is 22.7 Å². The molecule has 2 aromatic carbocycles. The molecule has 0 heterocycles. The Hall–Kier alpha value is -2.46. The zero-order chi connectivity index (χ0) is 16.8. The van der Waals surface area contributed by atoms with E-state index in [1.807, 2.05) is 42.5 Å². The lowest BCUT2D eigenvalue weighted by Gasteiger charge is -2.24. The molecular weight excluding hydrogens is 293 g/mol. The van der Waals surface area contributed by atoms with Gasteiger partial charge in [0.15, 0.2) is 0 Å². The fourth-order valence-corrected chi connectivity index (χ4v) is 2.45. The molecule has 0 fully saturated rings. The Labute approximate surface area is 135 Å². The number of nitrogens with zero attached hydrogens (tertiary/aromatic N) is 1. The highest BCUT2D eigenvalue weighted by Crippen LogP contribution is 2.22. The van der Waals surface area contributed by atoms with E-state index < -0.39 is 12.0 Å². The van der Waals surface area contributed by atoms with Gasteiger partial charge >= 0.3 is 5.97 Å². The van der Waals surface area contributed by atoms with E-state index in [9.17, 15) is 14.3 Å². The van der Waals surface area contributed by atoms with Gasteiger partial charge in [-0.15, -0.1) is 0 Å². The average molecular weight is 313 g/mol. The smallest absolute Gasteiger partial charge is 0.325 e. The predicted molar refractivity (Wildman–Crippen MR) is 89.6 cm³/mol. The second-order valence-electron chi connectivity index (χ2n) is 5.50. The van der Waals surface area contributed by atoms with E-state index in [0.717, 1.165) is 5.56 Å². The highest BCUT2D eigenvalue weighted by Gasteiger charge is 2.24. The van der Waals surface area contributed by atoms with E-state index in [-0.39, 0.29) is 5.82 Å². The molecule has 0 amide bonds. The van der Waals surface area contributed by atoms with Crippen LogP contribution in [-0.2, 0) is 4.79 Å². The maximum absolute atomic E-state index is 13.4. The van der Waals surface area contributed by atoms with Gasteiger partial charge in [0.1, 0.15) is 11.9 Å². The van der Waals surface area contributed by atoms with Crippen LogP contribution in [0.25, 0.3) is 6.08 Å². The first-order chi connectivity index (χ1) is 11.0. The number of aliphatic carboxylic acids is 1. The van der Waals surface area contributed by atoms with Crippen LogP contribution in [0.15, 0.2) is 54.6 Å². The van der Waals surface area contributed by atoms with Crippen molar-refractivity contribution in [3.8, 4) is 0 Å². The van der Waals surface area contributed by atoms with Crippen molar-refractivity contribution in [3.63, 3.8) is 0 Å². The maximum Gasteiger partial charge on any atom is 0.325 e. The standard InChI is InChI=1S/C19H20FNO2/c1-14-13-16(10-11-17(14)20)18(19(22)23)21(2)12-6-9-15-7-4-3-5-8-15/h3-11,13,18H,12H2,1-2H3,(H,22,23)/b9-6+. The zero-order valence-electron chi connectivity index (χ0n) is 13.2. The molecule has 0 spiro atoms. The SMILES string of the molecule is Cc1cc(C(C(=O)O)N(C)C/C=C/c2ccccc2)ccc1F. The molecule has 0 aliphatic carbocycles. The number of carbonyl (C=O) groups is 1. The summed E-state index contributed by atoms with van der Waals surface area (Å²) >= 11 is 0. The maximum atomic E-state index is 13.4. The molecular formula is C19H20FNO2. The molecule has 0 saturated carbocycles. The quantitative estimate of drug-likeness (QED) is 0.879. The van der Waals surface area contributed by atoms with Crippen LogP contribution >= 0.6 is 0 Å². The molecule has 1 N–H and O–H groups in total. The molecule has 0 aromatic heterocycles. The summed E-state index contributed by atoms with van der Waals surface area (Å²) in [5, 5.41) is 9.51. The van der Waals surface area contributed by atoms with Crippen molar-refractivity contribution in [3.05, 3.63) is 77.1 Å². The predicted octanol–water partition coefficient (Wildman–Crippen LogP) is 3.91. The Morgan fingerprint density at radius 2 is 1.96 bits per heavy atom. The molecule has 120 valence electrons. The van der Waals surface area contributed by atoms with Crippen molar-refractivity contribution in [1.82, 2.24) is 4.90 Å². The number of rotatable bonds is 6. The molecule has 0 aliphatic rings. The number of hydrogen-bond donors (Lipinski definition) is 1. The molecule has 2 rings (SSSR count). The van der Waals surface area contributed by atoms with Gasteiger partial charge in [-0.25, -0.2) is 4.39 Å². The zero-order valence-corrected chi connectivity index (χ0v) is 13.2. The van der Waals surface area contributed by atoms with E-state index in [0.29, 0.717) is 17.7 Å². The molecule has 3 nitrogen and oxygen atoms in total. The summed E-state index contributed by atoms with van der Waals surface area (Å²) in [6, 6.07) is 13.4. The van der Waals surface area contributed by atoms with E-state index in [4.69, 9.17) is 0 Å². The lowest BCUT2D eigenvalue weighted by Crippen LogP contribution is -2.31. The molecule has 1 atom stereocenters. The molecule has 0 saturated heterocycles. The summed E-state index contributed by atoms with van der Waals surface area (Å²) in [4.78, 5) is 13.3. The molecule has 0 bridgehead atoms. The van der Waals surface area contributed by atoms with Gasteiger partial charge in [-0.2, -0.15) is 0 Å². The number of likely N-dealkylation sites (N-methyl/N-ethyl adjacent to an activating group) is 1. The van der Waals surface area contributed by atoms with Gasteiger partial charge < -0.3 is 5.11 Å². The van der Waals surface area contributed by atoms with Crippen molar-refractivity contribution in [2.24, 2.45) is 0 Å². The van der Waals surface area contributed by atoms with Crippen LogP contribution in [0.2, 0.25) is 0 Å². The molecule has 1 unspecified atom stereocenters. The van der Waals surface area contributed by atoms with Crippen LogP contribution in [0.5, 0.6) is 0 Å². The van der Waals surface area contributed by atoms with Crippen LogP contribution in [0.3, 0.4) is 0 Å². The van der Waals surface area contributed by atoms with E-state index >= 15 is 0 Å². The molecule has 23 heavy (non-hydrogen) atoms. The van der Waals surface area contributed by atoms with E-state index in [2.05, 4.69) is 0 Å². The van der Waals surface area contributed by atoms with Gasteiger partial charge in [-0.1, -0.05) is 54.6 Å². The number of carboxylic acids is 1. The van der Waals surface area contributed by atoms with Gasteiger partial charge in [0.05, 0.1) is 0 Å². The number of hydrogen-bond acceptors (Lipinski definition) is 2. The van der Waals surface area contributed by atoms with Crippen LogP contribution in [0, 0.1) is 12.7 Å². The highest BCUT2D eigenvalue weighted by molar-refractivity contribution is 5.75. The van der Waals surface area contributed by atoms with Crippen molar-refractivity contribution in [2.45, 2.75) is 13.0 Å². The second-order valence-corrected chi connectivity index (χ2v) is 5.50. The minimum atomic E-state index is -0.952. The summed E-state index contributed by atoms with van der Waals surface area (Å²) in [6.07, 6.45) is 3.87. The van der Waals surface area contributed by atoms with E-state index in [1.54, 1.807) is 24.9 Å². The Morgan fingerprint density at radius 3 is 2.57 bits per heavy atom. The topological polar surface area (TPSA) is 40.5 Å². The minimum absolute atomic E-state index is 0.329. The van der Waals surface area contributed by atoms with Crippen molar-refractivity contribution in [2.75, 3.05) is 13.6 Å². The first-order valence-electron chi connectivity index (χ1n) is 7.39. The van der Waals surface area contributed by atoms with Gasteiger partial charge in [-0.3, -0.25) is 9.69 Å². The lowest BCUT2D eigenvalue weighted by atomic mass is 10.0.